The molecule has 3 nitrogen and oxygen atoms in total. The summed E-state index contributed by atoms with van der Waals surface area (Å²) in [6.45, 7) is 2.45. The zero-order valence-corrected chi connectivity index (χ0v) is 9.64. The van der Waals surface area contributed by atoms with E-state index in [4.69, 9.17) is 4.74 Å². The van der Waals surface area contributed by atoms with Crippen LogP contribution in [0.3, 0.4) is 0 Å². The number of nitrogens with zero attached hydrogens (tertiary/aromatic N) is 1. The highest BCUT2D eigenvalue weighted by atomic mass is 16.5. The van der Waals surface area contributed by atoms with Gasteiger partial charge in [0.25, 0.3) is 5.56 Å². The van der Waals surface area contributed by atoms with Crippen LogP contribution in [-0.2, 0) is 0 Å². The highest BCUT2D eigenvalue weighted by molar-refractivity contribution is 5.75. The van der Waals surface area contributed by atoms with Crippen molar-refractivity contribution in [3.05, 3.63) is 52.0 Å². The second-order valence-corrected chi connectivity index (χ2v) is 4.17. The molecule has 1 aliphatic heterocycles. The van der Waals surface area contributed by atoms with Crippen molar-refractivity contribution in [3.63, 3.8) is 0 Å². The van der Waals surface area contributed by atoms with Gasteiger partial charge >= 0.3 is 0 Å². The van der Waals surface area contributed by atoms with Crippen LogP contribution in [0, 0.1) is 6.92 Å². The maximum absolute atomic E-state index is 12.2. The molecule has 1 aliphatic rings. The van der Waals surface area contributed by atoms with Crippen molar-refractivity contribution in [2.24, 2.45) is 0 Å². The van der Waals surface area contributed by atoms with Crippen molar-refractivity contribution >= 4 is 11.6 Å². The molecule has 3 heteroatoms. The Morgan fingerprint density at radius 3 is 3.12 bits per heavy atom. The van der Waals surface area contributed by atoms with Gasteiger partial charge in [0.05, 0.1) is 17.7 Å². The molecular weight excluding hydrogens is 214 g/mol. The monoisotopic (exact) mass is 227 g/mol. The molecule has 0 atom stereocenters. The van der Waals surface area contributed by atoms with E-state index in [0.717, 1.165) is 23.3 Å². The minimum absolute atomic E-state index is 0.00495. The molecule has 0 N–H and O–H groups in total. The minimum atomic E-state index is -0.00495. The van der Waals surface area contributed by atoms with E-state index >= 15 is 0 Å². The van der Waals surface area contributed by atoms with E-state index in [-0.39, 0.29) is 5.56 Å². The molecule has 0 amide bonds. The third-order valence-electron chi connectivity index (χ3n) is 3.08. The lowest BCUT2D eigenvalue weighted by Gasteiger charge is -2.12. The third kappa shape index (κ3) is 1.46. The summed E-state index contributed by atoms with van der Waals surface area (Å²) in [6.07, 6.45) is 6.80. The zero-order valence-electron chi connectivity index (χ0n) is 9.64. The number of rotatable bonds is 0. The molecule has 0 saturated carbocycles. The Morgan fingerprint density at radius 1 is 1.35 bits per heavy atom. The van der Waals surface area contributed by atoms with E-state index in [1.54, 1.807) is 10.6 Å². The summed E-state index contributed by atoms with van der Waals surface area (Å²) in [5.74, 6) is 0.731. The fourth-order valence-electron chi connectivity index (χ4n) is 2.21. The van der Waals surface area contributed by atoms with Crippen molar-refractivity contribution in [1.82, 2.24) is 4.40 Å². The first kappa shape index (κ1) is 10.1. The van der Waals surface area contributed by atoms with Gasteiger partial charge in [-0.1, -0.05) is 18.2 Å². The Hall–Kier alpha value is -2.03. The van der Waals surface area contributed by atoms with Crippen LogP contribution in [0.4, 0.5) is 0 Å². The summed E-state index contributed by atoms with van der Waals surface area (Å²) in [7, 11) is 0. The van der Waals surface area contributed by atoms with Gasteiger partial charge in [-0.05, 0) is 25.5 Å². The van der Waals surface area contributed by atoms with Gasteiger partial charge in [0.15, 0.2) is 0 Å². The Bertz CT molecular complexity index is 668. The van der Waals surface area contributed by atoms with Crippen LogP contribution < -0.4 is 10.3 Å². The van der Waals surface area contributed by atoms with Crippen LogP contribution >= 0.6 is 0 Å². The van der Waals surface area contributed by atoms with Gasteiger partial charge in [-0.2, -0.15) is 0 Å². The lowest BCUT2D eigenvalue weighted by Crippen LogP contribution is -2.18. The quantitative estimate of drug-likeness (QED) is 0.692. The first-order valence-electron chi connectivity index (χ1n) is 5.72. The molecule has 0 fully saturated rings. The number of aromatic nitrogens is 1. The highest BCUT2D eigenvalue weighted by Crippen LogP contribution is 2.28. The van der Waals surface area contributed by atoms with Crippen molar-refractivity contribution in [2.45, 2.75) is 13.3 Å². The average Bonchev–Trinajstić information content (AvgIpc) is 2.62. The number of hydrogen-bond donors (Lipinski definition) is 0. The van der Waals surface area contributed by atoms with Crippen LogP contribution in [-0.4, -0.2) is 11.0 Å². The van der Waals surface area contributed by atoms with Crippen LogP contribution in [0.2, 0.25) is 0 Å². The number of ether oxygens (including phenoxy) is 1. The molecule has 0 aliphatic carbocycles. The van der Waals surface area contributed by atoms with Crippen molar-refractivity contribution in [1.29, 1.82) is 0 Å². The molecule has 2 aromatic heterocycles. The van der Waals surface area contributed by atoms with E-state index in [1.807, 2.05) is 31.2 Å². The summed E-state index contributed by atoms with van der Waals surface area (Å²) in [6, 6.07) is 5.74. The normalized spacial score (nSPS) is 14.2. The standard InChI is InChI=1S/C14H13NO2/c1-10-13-11(6-3-5-9-17-13)12-7-2-4-8-15(12)14(10)16/h2-4,6-8H,5,9H2,1H3. The summed E-state index contributed by atoms with van der Waals surface area (Å²) < 4.78 is 7.37. The van der Waals surface area contributed by atoms with Crippen LogP contribution in [0.5, 0.6) is 5.75 Å². The van der Waals surface area contributed by atoms with E-state index in [2.05, 4.69) is 6.08 Å². The van der Waals surface area contributed by atoms with Gasteiger partial charge in [-0.15, -0.1) is 0 Å². The smallest absolute Gasteiger partial charge is 0.261 e. The maximum atomic E-state index is 12.2. The van der Waals surface area contributed by atoms with Crippen LogP contribution in [0.15, 0.2) is 35.3 Å². The van der Waals surface area contributed by atoms with Crippen molar-refractivity contribution < 1.29 is 4.74 Å². The maximum Gasteiger partial charge on any atom is 0.261 e. The van der Waals surface area contributed by atoms with Gasteiger partial charge in [-0.3, -0.25) is 9.20 Å². The average molecular weight is 227 g/mol. The zero-order chi connectivity index (χ0) is 11.8. The lowest BCUT2D eigenvalue weighted by molar-refractivity contribution is 0.324. The van der Waals surface area contributed by atoms with Gasteiger partial charge in [0.2, 0.25) is 0 Å². The molecule has 3 rings (SSSR count). The topological polar surface area (TPSA) is 30.7 Å². The van der Waals surface area contributed by atoms with Crippen LogP contribution in [0.25, 0.3) is 11.6 Å². The summed E-state index contributed by atoms with van der Waals surface area (Å²) in [4.78, 5) is 12.2. The fourth-order valence-corrected chi connectivity index (χ4v) is 2.21. The molecular formula is C14H13NO2. The van der Waals surface area contributed by atoms with Gasteiger partial charge in [0.1, 0.15) is 5.75 Å². The molecule has 86 valence electrons. The molecule has 0 unspecified atom stereocenters. The second kappa shape index (κ2) is 3.77. The minimum Gasteiger partial charge on any atom is -0.492 e. The van der Waals surface area contributed by atoms with Crippen LogP contribution in [0.1, 0.15) is 17.5 Å². The SMILES string of the molecule is Cc1c2c(c3ccccn3c1=O)C=CCCO2. The van der Waals surface area contributed by atoms with Gasteiger partial charge in [0, 0.05) is 11.8 Å². The summed E-state index contributed by atoms with van der Waals surface area (Å²) >= 11 is 0. The molecule has 2 aromatic rings. The largest absolute Gasteiger partial charge is 0.492 e. The summed E-state index contributed by atoms with van der Waals surface area (Å²) in [5, 5.41) is 0. The van der Waals surface area contributed by atoms with Gasteiger partial charge in [-0.25, -0.2) is 0 Å². The number of hydrogen-bond acceptors (Lipinski definition) is 2. The van der Waals surface area contributed by atoms with Crippen molar-refractivity contribution in [3.8, 4) is 5.75 Å². The highest BCUT2D eigenvalue weighted by Gasteiger charge is 2.15. The molecule has 0 radical (unpaired) electrons. The molecule has 0 aromatic carbocycles. The first-order chi connectivity index (χ1) is 8.29. The Balaban J connectivity index is 2.51. The van der Waals surface area contributed by atoms with Crippen molar-refractivity contribution in [2.75, 3.05) is 6.61 Å². The number of fused-ring (bicyclic) bond motifs is 3. The van der Waals surface area contributed by atoms with E-state index < -0.39 is 0 Å². The Morgan fingerprint density at radius 2 is 2.24 bits per heavy atom. The lowest BCUT2D eigenvalue weighted by atomic mass is 10.1. The molecule has 0 bridgehead atoms. The van der Waals surface area contributed by atoms with Gasteiger partial charge < -0.3 is 4.74 Å². The second-order valence-electron chi connectivity index (χ2n) is 4.17. The third-order valence-corrected chi connectivity index (χ3v) is 3.08. The first-order valence-corrected chi connectivity index (χ1v) is 5.72. The molecule has 0 saturated heterocycles. The predicted octanol–water partition coefficient (Wildman–Crippen LogP) is 2.40. The number of pyridine rings is 2. The molecule has 3 heterocycles. The Kier molecular flexibility index (Phi) is 2.25. The molecule has 17 heavy (non-hydrogen) atoms. The predicted molar refractivity (Wildman–Crippen MR) is 67.6 cm³/mol. The Labute approximate surface area is 99.0 Å². The van der Waals surface area contributed by atoms with E-state index in [0.29, 0.717) is 12.2 Å². The summed E-state index contributed by atoms with van der Waals surface area (Å²) in [5.41, 5.74) is 2.57. The fraction of sp³-hybridized carbons (Fsp3) is 0.214. The van der Waals surface area contributed by atoms with E-state index in [1.165, 1.54) is 0 Å². The van der Waals surface area contributed by atoms with E-state index in [9.17, 15) is 4.79 Å². The molecule has 0 spiro atoms.